The van der Waals surface area contributed by atoms with E-state index in [-0.39, 0.29) is 10.8 Å². The van der Waals surface area contributed by atoms with Crippen molar-refractivity contribution in [3.05, 3.63) is 84.4 Å². The van der Waals surface area contributed by atoms with Crippen LogP contribution in [-0.2, 0) is 10.0 Å². The van der Waals surface area contributed by atoms with Crippen molar-refractivity contribution in [3.63, 3.8) is 0 Å². The molecule has 0 fully saturated rings. The van der Waals surface area contributed by atoms with Gasteiger partial charge in [0.1, 0.15) is 5.75 Å². The van der Waals surface area contributed by atoms with Crippen molar-refractivity contribution >= 4 is 27.3 Å². The zero-order valence-corrected chi connectivity index (χ0v) is 16.8. The number of carbonyl (C=O) groups excluding carboxylic acids is 1. The van der Waals surface area contributed by atoms with Crippen LogP contribution in [0.1, 0.15) is 23.7 Å². The fourth-order valence-corrected chi connectivity index (χ4v) is 3.69. The van der Waals surface area contributed by atoms with E-state index in [1.165, 1.54) is 12.1 Å². The van der Waals surface area contributed by atoms with Crippen molar-refractivity contribution < 1.29 is 17.9 Å². The molecule has 0 saturated heterocycles. The van der Waals surface area contributed by atoms with Crippen molar-refractivity contribution in [1.29, 1.82) is 0 Å². The second-order valence-corrected chi connectivity index (χ2v) is 7.98. The Morgan fingerprint density at radius 2 is 1.52 bits per heavy atom. The van der Waals surface area contributed by atoms with Crippen LogP contribution in [0, 0.1) is 0 Å². The first-order valence-corrected chi connectivity index (χ1v) is 10.7. The summed E-state index contributed by atoms with van der Waals surface area (Å²) in [5, 5.41) is 2.77. The minimum absolute atomic E-state index is 0.103. The third kappa shape index (κ3) is 5.36. The lowest BCUT2D eigenvalue weighted by atomic mass is 10.2. The van der Waals surface area contributed by atoms with Crippen LogP contribution in [0.3, 0.4) is 0 Å². The summed E-state index contributed by atoms with van der Waals surface area (Å²) in [4.78, 5) is 12.7. The number of nitrogens with one attached hydrogen (secondary N) is 2. The van der Waals surface area contributed by atoms with Gasteiger partial charge >= 0.3 is 0 Å². The molecule has 0 aromatic heterocycles. The van der Waals surface area contributed by atoms with Gasteiger partial charge in [0, 0.05) is 11.4 Å². The van der Waals surface area contributed by atoms with Crippen LogP contribution < -0.4 is 14.8 Å². The maximum atomic E-state index is 12.6. The van der Waals surface area contributed by atoms with Crippen LogP contribution in [-0.4, -0.2) is 20.9 Å². The first-order chi connectivity index (χ1) is 14.0. The smallest absolute Gasteiger partial charge is 0.261 e. The number of sulfonamides is 1. The molecule has 2 N–H and O–H groups in total. The van der Waals surface area contributed by atoms with E-state index in [2.05, 4.69) is 10.0 Å². The molecule has 0 radical (unpaired) electrons. The lowest BCUT2D eigenvalue weighted by Crippen LogP contribution is -2.15. The Bertz CT molecular complexity index is 1070. The number of anilines is 2. The Morgan fingerprint density at radius 3 is 2.21 bits per heavy atom. The van der Waals surface area contributed by atoms with E-state index in [0.29, 0.717) is 29.3 Å². The van der Waals surface area contributed by atoms with Gasteiger partial charge in [-0.15, -0.1) is 0 Å². The van der Waals surface area contributed by atoms with Crippen LogP contribution in [0.5, 0.6) is 5.75 Å². The molecule has 0 saturated carbocycles. The Balaban J connectivity index is 1.72. The predicted molar refractivity (Wildman–Crippen MR) is 114 cm³/mol. The van der Waals surface area contributed by atoms with Crippen molar-refractivity contribution in [2.45, 2.75) is 18.2 Å². The summed E-state index contributed by atoms with van der Waals surface area (Å²) in [5.41, 5.74) is 1.39. The summed E-state index contributed by atoms with van der Waals surface area (Å²) >= 11 is 0. The number of carbonyl (C=O) groups is 1. The van der Waals surface area contributed by atoms with Crippen LogP contribution in [0.4, 0.5) is 11.4 Å². The molecule has 0 aliphatic heterocycles. The maximum absolute atomic E-state index is 12.6. The average Bonchev–Trinajstić information content (AvgIpc) is 2.73. The number of benzene rings is 3. The van der Waals surface area contributed by atoms with Crippen LogP contribution in [0.25, 0.3) is 0 Å². The third-order valence-electron chi connectivity index (χ3n) is 4.04. The van der Waals surface area contributed by atoms with Gasteiger partial charge in [0.15, 0.2) is 0 Å². The lowest BCUT2D eigenvalue weighted by molar-refractivity contribution is 0.102. The van der Waals surface area contributed by atoms with Crippen molar-refractivity contribution in [2.24, 2.45) is 0 Å². The summed E-state index contributed by atoms with van der Waals surface area (Å²) < 4.78 is 33.1. The summed E-state index contributed by atoms with van der Waals surface area (Å²) in [5.74, 6) is 0.188. The average molecular weight is 410 g/mol. The number of ether oxygens (including phenoxy) is 1. The first-order valence-electron chi connectivity index (χ1n) is 9.21. The molecule has 3 aromatic carbocycles. The molecule has 3 rings (SSSR count). The molecule has 0 unspecified atom stereocenters. The van der Waals surface area contributed by atoms with Gasteiger partial charge in [-0.2, -0.15) is 0 Å². The third-order valence-corrected chi connectivity index (χ3v) is 5.44. The molecule has 29 heavy (non-hydrogen) atoms. The van der Waals surface area contributed by atoms with Gasteiger partial charge in [0.05, 0.1) is 17.1 Å². The number of hydrogen-bond donors (Lipinski definition) is 2. The maximum Gasteiger partial charge on any atom is 0.261 e. The molecule has 0 spiro atoms. The number of para-hydroxylation sites is 2. The Morgan fingerprint density at radius 1 is 0.862 bits per heavy atom. The molecule has 150 valence electrons. The predicted octanol–water partition coefficient (Wildman–Crippen LogP) is 4.53. The number of amides is 1. The van der Waals surface area contributed by atoms with Crippen molar-refractivity contribution in [3.8, 4) is 5.75 Å². The van der Waals surface area contributed by atoms with Gasteiger partial charge in [-0.1, -0.05) is 37.3 Å². The Labute approximate surface area is 170 Å². The standard InChI is InChI=1S/C22H22N2O4S/c1-2-16-28-21-11-7-6-10-20(21)22(25)23-17-12-14-19(15-13-17)29(26,27)24-18-8-4-3-5-9-18/h3-15,24H,2,16H2,1H3,(H,23,25). The molecule has 3 aromatic rings. The molecular formula is C22H22N2O4S. The molecule has 0 aliphatic carbocycles. The second kappa shape index (κ2) is 9.25. The number of hydrogen-bond acceptors (Lipinski definition) is 4. The highest BCUT2D eigenvalue weighted by Gasteiger charge is 2.15. The second-order valence-electron chi connectivity index (χ2n) is 6.29. The fraction of sp³-hybridized carbons (Fsp3) is 0.136. The zero-order chi connectivity index (χ0) is 20.7. The fourth-order valence-electron chi connectivity index (χ4n) is 2.63. The normalized spacial score (nSPS) is 10.9. The Hall–Kier alpha value is -3.32. The molecule has 7 heteroatoms. The van der Waals surface area contributed by atoms with E-state index >= 15 is 0 Å². The summed E-state index contributed by atoms with van der Waals surface area (Å²) in [7, 11) is -3.71. The van der Waals surface area contributed by atoms with E-state index in [9.17, 15) is 13.2 Å². The molecule has 0 heterocycles. The minimum atomic E-state index is -3.71. The largest absolute Gasteiger partial charge is 0.493 e. The highest BCUT2D eigenvalue weighted by atomic mass is 32.2. The van der Waals surface area contributed by atoms with E-state index in [0.717, 1.165) is 6.42 Å². The molecule has 0 aliphatic rings. The van der Waals surface area contributed by atoms with Gasteiger partial charge in [-0.25, -0.2) is 8.42 Å². The topological polar surface area (TPSA) is 84.5 Å². The van der Waals surface area contributed by atoms with E-state index in [1.807, 2.05) is 6.92 Å². The van der Waals surface area contributed by atoms with Crippen molar-refractivity contribution in [1.82, 2.24) is 0 Å². The Kier molecular flexibility index (Phi) is 6.51. The van der Waals surface area contributed by atoms with Gasteiger partial charge in [-0.3, -0.25) is 9.52 Å². The molecular weight excluding hydrogens is 388 g/mol. The zero-order valence-electron chi connectivity index (χ0n) is 16.0. The SMILES string of the molecule is CCCOc1ccccc1C(=O)Nc1ccc(S(=O)(=O)Nc2ccccc2)cc1. The van der Waals surface area contributed by atoms with Gasteiger partial charge < -0.3 is 10.1 Å². The van der Waals surface area contributed by atoms with Crippen molar-refractivity contribution in [2.75, 3.05) is 16.6 Å². The quantitative estimate of drug-likeness (QED) is 0.571. The molecule has 1 amide bonds. The molecule has 0 atom stereocenters. The minimum Gasteiger partial charge on any atom is -0.493 e. The monoisotopic (exact) mass is 410 g/mol. The highest BCUT2D eigenvalue weighted by Crippen LogP contribution is 2.22. The van der Waals surface area contributed by atoms with E-state index < -0.39 is 10.0 Å². The van der Waals surface area contributed by atoms with Crippen LogP contribution in [0.2, 0.25) is 0 Å². The van der Waals surface area contributed by atoms with Gasteiger partial charge in [0.25, 0.3) is 15.9 Å². The lowest BCUT2D eigenvalue weighted by Gasteiger charge is -2.12. The van der Waals surface area contributed by atoms with Gasteiger partial charge in [0.2, 0.25) is 0 Å². The molecule has 6 nitrogen and oxygen atoms in total. The summed E-state index contributed by atoms with van der Waals surface area (Å²) in [6.45, 7) is 2.51. The van der Waals surface area contributed by atoms with Crippen LogP contribution in [0.15, 0.2) is 83.8 Å². The highest BCUT2D eigenvalue weighted by molar-refractivity contribution is 7.92. The van der Waals surface area contributed by atoms with E-state index in [4.69, 9.17) is 4.74 Å². The summed E-state index contributed by atoms with van der Waals surface area (Å²) in [6, 6.07) is 21.6. The number of rotatable bonds is 8. The summed E-state index contributed by atoms with van der Waals surface area (Å²) in [6.07, 6.45) is 0.836. The van der Waals surface area contributed by atoms with Crippen LogP contribution >= 0.6 is 0 Å². The van der Waals surface area contributed by atoms with Gasteiger partial charge in [-0.05, 0) is 55.0 Å². The van der Waals surface area contributed by atoms with E-state index in [1.54, 1.807) is 66.7 Å². The first kappa shape index (κ1) is 20.4. The molecule has 0 bridgehead atoms.